The molecule has 6 nitrogen and oxygen atoms in total. The number of hydrogen-bond acceptors (Lipinski definition) is 3. The quantitative estimate of drug-likeness (QED) is 0.606. The second-order valence-electron chi connectivity index (χ2n) is 5.66. The zero-order valence-corrected chi connectivity index (χ0v) is 13.9. The van der Waals surface area contributed by atoms with Gasteiger partial charge in [0, 0.05) is 6.54 Å². The molecular weight excluding hydrogens is 326 g/mol. The van der Waals surface area contributed by atoms with Crippen LogP contribution in [-0.4, -0.2) is 30.7 Å². The largest absolute Gasteiger partial charge is 0.323 e. The summed E-state index contributed by atoms with van der Waals surface area (Å²) in [4.78, 5) is 16.6. The SMILES string of the molecule is O=c1[nH]c2ccc(CCNS(=O)(=O)CCc3ccccc3)cc2[nH]1. The summed E-state index contributed by atoms with van der Waals surface area (Å²) in [6.07, 6.45) is 1.06. The molecule has 2 aromatic carbocycles. The highest BCUT2D eigenvalue weighted by atomic mass is 32.2. The van der Waals surface area contributed by atoms with E-state index in [-0.39, 0.29) is 11.4 Å². The van der Waals surface area contributed by atoms with Crippen LogP contribution in [-0.2, 0) is 22.9 Å². The normalized spacial score (nSPS) is 11.8. The molecule has 0 unspecified atom stereocenters. The summed E-state index contributed by atoms with van der Waals surface area (Å²) >= 11 is 0. The van der Waals surface area contributed by atoms with Gasteiger partial charge in [0.05, 0.1) is 16.8 Å². The molecule has 0 atom stereocenters. The van der Waals surface area contributed by atoms with Crippen molar-refractivity contribution in [3.63, 3.8) is 0 Å². The number of H-pyrrole nitrogens is 2. The van der Waals surface area contributed by atoms with E-state index in [4.69, 9.17) is 0 Å². The number of nitrogens with one attached hydrogen (secondary N) is 3. The molecule has 3 rings (SSSR count). The van der Waals surface area contributed by atoms with Crippen LogP contribution in [0.1, 0.15) is 11.1 Å². The zero-order chi connectivity index (χ0) is 17.0. The van der Waals surface area contributed by atoms with Crippen LogP contribution in [0.15, 0.2) is 53.3 Å². The van der Waals surface area contributed by atoms with E-state index in [1.807, 2.05) is 48.5 Å². The van der Waals surface area contributed by atoms with Crippen molar-refractivity contribution in [1.82, 2.24) is 14.7 Å². The molecule has 24 heavy (non-hydrogen) atoms. The van der Waals surface area contributed by atoms with Gasteiger partial charge >= 0.3 is 5.69 Å². The molecule has 126 valence electrons. The summed E-state index contributed by atoms with van der Waals surface area (Å²) in [6.45, 7) is 0.331. The number of sulfonamides is 1. The highest BCUT2D eigenvalue weighted by Gasteiger charge is 2.10. The fourth-order valence-corrected chi connectivity index (χ4v) is 3.62. The van der Waals surface area contributed by atoms with Crippen LogP contribution in [0.3, 0.4) is 0 Å². The lowest BCUT2D eigenvalue weighted by Crippen LogP contribution is -2.29. The first-order valence-electron chi connectivity index (χ1n) is 7.74. The predicted octanol–water partition coefficient (Wildman–Crippen LogP) is 1.56. The van der Waals surface area contributed by atoms with E-state index in [1.165, 1.54) is 0 Å². The summed E-state index contributed by atoms with van der Waals surface area (Å²) in [5.41, 5.74) is 3.19. The fourth-order valence-electron chi connectivity index (χ4n) is 2.56. The molecule has 0 aliphatic carbocycles. The Hall–Kier alpha value is -2.38. The molecule has 0 fully saturated rings. The zero-order valence-electron chi connectivity index (χ0n) is 13.1. The minimum Gasteiger partial charge on any atom is -0.306 e. The Morgan fingerprint density at radius 2 is 1.62 bits per heavy atom. The molecule has 0 radical (unpaired) electrons. The van der Waals surface area contributed by atoms with E-state index in [2.05, 4.69) is 14.7 Å². The van der Waals surface area contributed by atoms with Crippen LogP contribution < -0.4 is 10.4 Å². The Balaban J connectivity index is 1.53. The van der Waals surface area contributed by atoms with E-state index in [9.17, 15) is 13.2 Å². The lowest BCUT2D eigenvalue weighted by molar-refractivity contribution is 0.581. The number of aromatic amines is 2. The minimum absolute atomic E-state index is 0.0706. The Morgan fingerprint density at radius 3 is 2.42 bits per heavy atom. The first-order chi connectivity index (χ1) is 11.5. The molecule has 1 heterocycles. The molecule has 1 aromatic heterocycles. The highest BCUT2D eigenvalue weighted by Crippen LogP contribution is 2.10. The Kier molecular flexibility index (Phi) is 4.82. The first-order valence-corrected chi connectivity index (χ1v) is 9.39. The van der Waals surface area contributed by atoms with Gasteiger partial charge in [-0.05, 0) is 36.1 Å². The summed E-state index contributed by atoms with van der Waals surface area (Å²) in [7, 11) is -3.30. The lowest BCUT2D eigenvalue weighted by Gasteiger charge is -2.07. The lowest BCUT2D eigenvalue weighted by atomic mass is 10.1. The van der Waals surface area contributed by atoms with E-state index in [0.717, 1.165) is 22.2 Å². The monoisotopic (exact) mass is 345 g/mol. The summed E-state index contributed by atoms with van der Waals surface area (Å²) in [5, 5.41) is 0. The van der Waals surface area contributed by atoms with E-state index in [0.29, 0.717) is 19.4 Å². The topological polar surface area (TPSA) is 94.8 Å². The van der Waals surface area contributed by atoms with Crippen LogP contribution in [0.25, 0.3) is 11.0 Å². The number of rotatable bonds is 7. The van der Waals surface area contributed by atoms with Crippen molar-refractivity contribution in [1.29, 1.82) is 0 Å². The molecule has 0 amide bonds. The van der Waals surface area contributed by atoms with Crippen molar-refractivity contribution < 1.29 is 8.42 Å². The predicted molar refractivity (Wildman–Crippen MR) is 94.6 cm³/mol. The van der Waals surface area contributed by atoms with Gasteiger partial charge in [0.2, 0.25) is 10.0 Å². The molecule has 3 N–H and O–H groups in total. The summed E-state index contributed by atoms with van der Waals surface area (Å²) in [5.74, 6) is 0.0706. The Bertz CT molecular complexity index is 975. The van der Waals surface area contributed by atoms with Gasteiger partial charge in [-0.2, -0.15) is 0 Å². The number of aryl methyl sites for hydroxylation is 1. The third-order valence-corrected chi connectivity index (χ3v) is 5.20. The van der Waals surface area contributed by atoms with Crippen LogP contribution >= 0.6 is 0 Å². The third-order valence-electron chi connectivity index (χ3n) is 3.82. The fraction of sp³-hybridized carbons (Fsp3) is 0.235. The maximum Gasteiger partial charge on any atom is 0.323 e. The molecule has 0 saturated carbocycles. The Morgan fingerprint density at radius 1 is 0.875 bits per heavy atom. The second kappa shape index (κ2) is 7.02. The maximum absolute atomic E-state index is 12.0. The van der Waals surface area contributed by atoms with E-state index >= 15 is 0 Å². The average Bonchev–Trinajstić information content (AvgIpc) is 2.93. The number of aromatic nitrogens is 2. The third kappa shape index (κ3) is 4.33. The molecule has 0 spiro atoms. The summed E-state index contributed by atoms with van der Waals surface area (Å²) < 4.78 is 26.7. The van der Waals surface area contributed by atoms with Gasteiger partial charge in [-0.3, -0.25) is 0 Å². The Labute approximate surface area is 140 Å². The van der Waals surface area contributed by atoms with Crippen molar-refractivity contribution in [2.75, 3.05) is 12.3 Å². The van der Waals surface area contributed by atoms with Crippen LogP contribution in [0, 0.1) is 0 Å². The summed E-state index contributed by atoms with van der Waals surface area (Å²) in [6, 6.07) is 15.1. The van der Waals surface area contributed by atoms with Gasteiger partial charge in [0.1, 0.15) is 0 Å². The number of fused-ring (bicyclic) bond motifs is 1. The van der Waals surface area contributed by atoms with Gasteiger partial charge in [0.25, 0.3) is 0 Å². The second-order valence-corrected chi connectivity index (χ2v) is 7.58. The van der Waals surface area contributed by atoms with Crippen molar-refractivity contribution in [2.24, 2.45) is 0 Å². The first kappa shape index (κ1) is 16.5. The van der Waals surface area contributed by atoms with Gasteiger partial charge in [-0.1, -0.05) is 36.4 Å². The molecule has 0 aliphatic rings. The van der Waals surface area contributed by atoms with Gasteiger partial charge < -0.3 is 9.97 Å². The van der Waals surface area contributed by atoms with Gasteiger partial charge in [-0.15, -0.1) is 0 Å². The van der Waals surface area contributed by atoms with Crippen molar-refractivity contribution >= 4 is 21.1 Å². The van der Waals surface area contributed by atoms with E-state index < -0.39 is 10.0 Å². The van der Waals surface area contributed by atoms with Crippen molar-refractivity contribution in [3.05, 3.63) is 70.1 Å². The molecule has 0 bridgehead atoms. The van der Waals surface area contributed by atoms with Crippen LogP contribution in [0.5, 0.6) is 0 Å². The van der Waals surface area contributed by atoms with Crippen molar-refractivity contribution in [3.8, 4) is 0 Å². The van der Waals surface area contributed by atoms with Crippen LogP contribution in [0.4, 0.5) is 0 Å². The molecule has 0 aliphatic heterocycles. The van der Waals surface area contributed by atoms with Gasteiger partial charge in [-0.25, -0.2) is 17.9 Å². The smallest absolute Gasteiger partial charge is 0.306 e. The highest BCUT2D eigenvalue weighted by molar-refractivity contribution is 7.89. The van der Waals surface area contributed by atoms with Gasteiger partial charge in [0.15, 0.2) is 0 Å². The van der Waals surface area contributed by atoms with Crippen molar-refractivity contribution in [2.45, 2.75) is 12.8 Å². The molecule has 7 heteroatoms. The average molecular weight is 345 g/mol. The molecule has 3 aromatic rings. The molecule has 0 saturated heterocycles. The maximum atomic E-state index is 12.0. The number of benzene rings is 2. The minimum atomic E-state index is -3.30. The standard InChI is InChI=1S/C17H19N3O3S/c21-17-19-15-7-6-14(12-16(15)20-17)8-10-18-24(22,23)11-9-13-4-2-1-3-5-13/h1-7,12,18H,8-11H2,(H2,19,20,21). The number of imidazole rings is 1. The number of hydrogen-bond donors (Lipinski definition) is 3. The van der Waals surface area contributed by atoms with E-state index in [1.54, 1.807) is 0 Å². The van der Waals surface area contributed by atoms with Crippen LogP contribution in [0.2, 0.25) is 0 Å². The molecular formula is C17H19N3O3S.